The Bertz CT molecular complexity index is 852. The van der Waals surface area contributed by atoms with E-state index < -0.39 is 0 Å². The summed E-state index contributed by atoms with van der Waals surface area (Å²) in [6, 6.07) is 30.0. The Balaban J connectivity index is 1.90. The molecule has 3 aromatic rings. The van der Waals surface area contributed by atoms with Crippen molar-refractivity contribution in [3.63, 3.8) is 0 Å². The van der Waals surface area contributed by atoms with Crippen molar-refractivity contribution >= 4 is 0 Å². The average Bonchev–Trinajstić information content (AvgIpc) is 2.70. The van der Waals surface area contributed by atoms with Crippen LogP contribution in [0.2, 0.25) is 0 Å². The van der Waals surface area contributed by atoms with Crippen LogP contribution in [0.15, 0.2) is 84.9 Å². The summed E-state index contributed by atoms with van der Waals surface area (Å²) in [7, 11) is 0. The zero-order chi connectivity index (χ0) is 19.3. The van der Waals surface area contributed by atoms with Crippen molar-refractivity contribution < 1.29 is 4.74 Å². The van der Waals surface area contributed by atoms with E-state index in [-0.39, 0.29) is 10.8 Å². The van der Waals surface area contributed by atoms with Crippen molar-refractivity contribution in [3.8, 4) is 0 Å². The lowest BCUT2D eigenvalue weighted by Crippen LogP contribution is -2.46. The molecule has 0 aliphatic heterocycles. The molecule has 1 atom stereocenters. The molecule has 0 aliphatic rings. The van der Waals surface area contributed by atoms with Gasteiger partial charge in [-0.15, -0.1) is 0 Å². The van der Waals surface area contributed by atoms with E-state index in [9.17, 15) is 0 Å². The van der Waals surface area contributed by atoms with E-state index in [1.165, 1.54) is 22.3 Å². The minimum absolute atomic E-state index is 0.0820. The van der Waals surface area contributed by atoms with Crippen molar-refractivity contribution in [1.82, 2.24) is 0 Å². The van der Waals surface area contributed by atoms with Gasteiger partial charge in [0.2, 0.25) is 0 Å². The van der Waals surface area contributed by atoms with Gasteiger partial charge in [0.15, 0.2) is 0 Å². The van der Waals surface area contributed by atoms with E-state index >= 15 is 0 Å². The second-order valence-electron chi connectivity index (χ2n) is 8.11. The van der Waals surface area contributed by atoms with Gasteiger partial charge in [0.25, 0.3) is 0 Å². The summed E-state index contributed by atoms with van der Waals surface area (Å²) in [5.41, 5.74) is 4.94. The summed E-state index contributed by atoms with van der Waals surface area (Å²) in [4.78, 5) is 0. The predicted octanol–water partition coefficient (Wildman–Crippen LogP) is 6.45. The van der Waals surface area contributed by atoms with Gasteiger partial charge in [-0.1, -0.05) is 106 Å². The van der Waals surface area contributed by atoms with Crippen LogP contribution in [0.3, 0.4) is 0 Å². The van der Waals surface area contributed by atoms with E-state index in [4.69, 9.17) is 4.74 Å². The molecule has 0 fully saturated rings. The first-order valence-corrected chi connectivity index (χ1v) is 9.68. The van der Waals surface area contributed by atoms with Crippen LogP contribution in [0.1, 0.15) is 43.0 Å². The van der Waals surface area contributed by atoms with E-state index in [1.807, 2.05) is 0 Å². The molecule has 0 aliphatic carbocycles. The average molecular weight is 359 g/mol. The molecule has 0 radical (unpaired) electrons. The van der Waals surface area contributed by atoms with E-state index in [0.29, 0.717) is 13.2 Å². The molecule has 1 nitrogen and oxygen atoms in total. The summed E-state index contributed by atoms with van der Waals surface area (Å²) in [6.45, 7) is 10.4. The summed E-state index contributed by atoms with van der Waals surface area (Å²) in [5, 5.41) is 0. The van der Waals surface area contributed by atoms with Crippen molar-refractivity contribution in [2.75, 3.05) is 6.61 Å². The fraction of sp³-hybridized carbons (Fsp3) is 0.308. The van der Waals surface area contributed by atoms with Gasteiger partial charge in [0.05, 0.1) is 13.2 Å². The molecule has 3 rings (SSSR count). The molecule has 1 unspecified atom stereocenters. The second kappa shape index (κ2) is 8.10. The third-order valence-electron chi connectivity index (χ3n) is 6.20. The molecule has 0 bridgehead atoms. The number of ether oxygens (including phenoxy) is 1. The van der Waals surface area contributed by atoms with Gasteiger partial charge in [-0.05, 0) is 29.2 Å². The molecule has 3 aromatic carbocycles. The Morgan fingerprint density at radius 1 is 0.667 bits per heavy atom. The van der Waals surface area contributed by atoms with Gasteiger partial charge in [0, 0.05) is 10.8 Å². The molecule has 0 saturated heterocycles. The molecular weight excluding hydrogens is 328 g/mol. The van der Waals surface area contributed by atoms with Crippen LogP contribution < -0.4 is 0 Å². The van der Waals surface area contributed by atoms with Crippen LogP contribution >= 0.6 is 0 Å². The Labute approximate surface area is 164 Å². The Hall–Kier alpha value is -2.38. The monoisotopic (exact) mass is 358 g/mol. The van der Waals surface area contributed by atoms with Crippen LogP contribution in [-0.2, 0) is 22.2 Å². The van der Waals surface area contributed by atoms with Gasteiger partial charge < -0.3 is 4.74 Å². The van der Waals surface area contributed by atoms with Gasteiger partial charge in [0.1, 0.15) is 0 Å². The van der Waals surface area contributed by atoms with E-state index in [2.05, 4.69) is 113 Å². The number of hydrogen-bond acceptors (Lipinski definition) is 1. The molecule has 0 N–H and O–H groups in total. The lowest BCUT2D eigenvalue weighted by Gasteiger charge is -2.45. The first kappa shape index (κ1) is 19.4. The molecule has 0 saturated carbocycles. The van der Waals surface area contributed by atoms with Gasteiger partial charge in [-0.2, -0.15) is 0 Å². The lowest BCUT2D eigenvalue weighted by atomic mass is 9.60. The number of aryl methyl sites for hydroxylation is 1. The fourth-order valence-corrected chi connectivity index (χ4v) is 3.74. The minimum Gasteiger partial charge on any atom is -0.376 e. The van der Waals surface area contributed by atoms with E-state index in [0.717, 1.165) is 0 Å². The molecule has 0 spiro atoms. The van der Waals surface area contributed by atoms with Crippen molar-refractivity contribution in [3.05, 3.63) is 107 Å². The largest absolute Gasteiger partial charge is 0.376 e. The van der Waals surface area contributed by atoms with Gasteiger partial charge in [-0.25, -0.2) is 0 Å². The summed E-state index contributed by atoms with van der Waals surface area (Å²) >= 11 is 0. The van der Waals surface area contributed by atoms with Gasteiger partial charge >= 0.3 is 0 Å². The lowest BCUT2D eigenvalue weighted by molar-refractivity contribution is 0.0475. The maximum absolute atomic E-state index is 6.33. The molecule has 27 heavy (non-hydrogen) atoms. The first-order valence-electron chi connectivity index (χ1n) is 9.68. The zero-order valence-corrected chi connectivity index (χ0v) is 16.9. The number of hydrogen-bond donors (Lipinski definition) is 0. The Kier molecular flexibility index (Phi) is 5.82. The highest BCUT2D eigenvalue weighted by atomic mass is 16.5. The highest BCUT2D eigenvalue weighted by molar-refractivity contribution is 5.37. The van der Waals surface area contributed by atoms with Crippen LogP contribution in [0.25, 0.3) is 0 Å². The third-order valence-corrected chi connectivity index (χ3v) is 6.20. The van der Waals surface area contributed by atoms with Crippen LogP contribution in [0, 0.1) is 6.92 Å². The molecule has 140 valence electrons. The summed E-state index contributed by atoms with van der Waals surface area (Å²) < 4.78 is 6.33. The molecule has 0 heterocycles. The summed E-state index contributed by atoms with van der Waals surface area (Å²) in [5.74, 6) is 0. The standard InChI is InChI=1S/C26H30O/c1-21-13-11-12-14-22(21)19-27-20-26(4,24-17-9-6-10-18-24)25(2,3)23-15-7-5-8-16-23/h5-18H,19-20H2,1-4H3. The van der Waals surface area contributed by atoms with Crippen molar-refractivity contribution in [2.24, 2.45) is 0 Å². The highest BCUT2D eigenvalue weighted by Crippen LogP contribution is 2.44. The summed E-state index contributed by atoms with van der Waals surface area (Å²) in [6.07, 6.45) is 0. The smallest absolute Gasteiger partial charge is 0.0719 e. The molecule has 0 amide bonds. The second-order valence-corrected chi connectivity index (χ2v) is 8.11. The van der Waals surface area contributed by atoms with Crippen molar-refractivity contribution in [2.45, 2.75) is 45.1 Å². The van der Waals surface area contributed by atoms with E-state index in [1.54, 1.807) is 0 Å². The maximum Gasteiger partial charge on any atom is 0.0719 e. The van der Waals surface area contributed by atoms with Gasteiger partial charge in [-0.3, -0.25) is 0 Å². The molecule has 1 heteroatoms. The number of benzene rings is 3. The van der Waals surface area contributed by atoms with Crippen LogP contribution in [0.4, 0.5) is 0 Å². The molecular formula is C26H30O. The topological polar surface area (TPSA) is 9.23 Å². The third kappa shape index (κ3) is 3.99. The maximum atomic E-state index is 6.33. The minimum atomic E-state index is -0.154. The Morgan fingerprint density at radius 3 is 1.78 bits per heavy atom. The normalized spacial score (nSPS) is 13.9. The predicted molar refractivity (Wildman–Crippen MR) is 114 cm³/mol. The fourth-order valence-electron chi connectivity index (χ4n) is 3.74. The first-order chi connectivity index (χ1) is 12.9. The van der Waals surface area contributed by atoms with Crippen molar-refractivity contribution in [1.29, 1.82) is 0 Å². The quantitative estimate of drug-likeness (QED) is 0.472. The Morgan fingerprint density at radius 2 is 1.19 bits per heavy atom. The van der Waals surface area contributed by atoms with Crippen LogP contribution in [-0.4, -0.2) is 6.61 Å². The SMILES string of the molecule is Cc1ccccc1COCC(C)(c1ccccc1)C(C)(C)c1ccccc1. The molecule has 0 aromatic heterocycles. The number of rotatable bonds is 7. The zero-order valence-electron chi connectivity index (χ0n) is 16.9. The highest BCUT2D eigenvalue weighted by Gasteiger charge is 2.43. The van der Waals surface area contributed by atoms with Crippen LogP contribution in [0.5, 0.6) is 0 Å².